The lowest BCUT2D eigenvalue weighted by molar-refractivity contribution is 0.0149. The van der Waals surface area contributed by atoms with E-state index < -0.39 is 5.54 Å². The first-order chi connectivity index (χ1) is 13.0. The molecule has 0 spiro atoms. The van der Waals surface area contributed by atoms with Crippen LogP contribution in [0, 0.1) is 6.92 Å². The SMILES string of the molecule is CO/N=C1/CN(C(=O)c2ccc(-c3ccccc3C)cc2)C(CO)(CO)C1. The number of hydrogen-bond donors (Lipinski definition) is 2. The normalized spacial score (nSPS) is 17.3. The van der Waals surface area contributed by atoms with Crippen molar-refractivity contribution in [3.63, 3.8) is 0 Å². The Bertz CT molecular complexity index is 842. The number of aliphatic hydroxyl groups is 2. The van der Waals surface area contributed by atoms with Crippen LogP contribution in [0.4, 0.5) is 0 Å². The molecule has 27 heavy (non-hydrogen) atoms. The number of likely N-dealkylation sites (tertiary alicyclic amines) is 1. The van der Waals surface area contributed by atoms with Gasteiger partial charge in [-0.1, -0.05) is 41.6 Å². The van der Waals surface area contributed by atoms with Gasteiger partial charge in [-0.25, -0.2) is 0 Å². The van der Waals surface area contributed by atoms with Crippen molar-refractivity contribution in [2.75, 3.05) is 26.9 Å². The molecule has 1 amide bonds. The average Bonchev–Trinajstić information content (AvgIpc) is 3.07. The Kier molecular flexibility index (Phi) is 5.58. The maximum Gasteiger partial charge on any atom is 0.254 e. The summed E-state index contributed by atoms with van der Waals surface area (Å²) in [5, 5.41) is 23.6. The number of benzene rings is 2. The van der Waals surface area contributed by atoms with Gasteiger partial charge in [-0.15, -0.1) is 0 Å². The Hall–Kier alpha value is -2.70. The highest BCUT2D eigenvalue weighted by Gasteiger charge is 2.46. The van der Waals surface area contributed by atoms with Gasteiger partial charge in [0.25, 0.3) is 5.91 Å². The first-order valence-electron chi connectivity index (χ1n) is 8.83. The van der Waals surface area contributed by atoms with Gasteiger partial charge in [0.05, 0.1) is 31.0 Å². The molecule has 0 aromatic heterocycles. The van der Waals surface area contributed by atoms with Gasteiger partial charge >= 0.3 is 0 Å². The Morgan fingerprint density at radius 3 is 2.41 bits per heavy atom. The molecule has 3 rings (SSSR count). The summed E-state index contributed by atoms with van der Waals surface area (Å²) in [5.41, 5.74) is 3.36. The number of hydrogen-bond acceptors (Lipinski definition) is 5. The summed E-state index contributed by atoms with van der Waals surface area (Å²) in [5.74, 6) is -0.254. The maximum atomic E-state index is 13.1. The Morgan fingerprint density at radius 1 is 1.15 bits per heavy atom. The highest BCUT2D eigenvalue weighted by molar-refractivity contribution is 6.01. The lowest BCUT2D eigenvalue weighted by Crippen LogP contribution is -2.52. The number of aryl methyl sites for hydroxylation is 1. The Balaban J connectivity index is 1.89. The zero-order valence-electron chi connectivity index (χ0n) is 15.6. The molecular formula is C21H24N2O4. The summed E-state index contributed by atoms with van der Waals surface area (Å²) in [6.45, 7) is 1.57. The molecule has 6 heteroatoms. The quantitative estimate of drug-likeness (QED) is 0.793. The molecule has 1 saturated heterocycles. The molecule has 6 nitrogen and oxygen atoms in total. The first kappa shape index (κ1) is 19.1. The van der Waals surface area contributed by atoms with E-state index in [2.05, 4.69) is 5.16 Å². The molecule has 0 aliphatic carbocycles. The monoisotopic (exact) mass is 368 g/mol. The van der Waals surface area contributed by atoms with Gasteiger partial charge < -0.3 is 20.0 Å². The standard InChI is InChI=1S/C21H24N2O4/c1-15-5-3-4-6-19(15)16-7-9-17(10-8-16)20(26)23-12-18(22-27-2)11-21(23,13-24)14-25/h3-10,24-25H,11-14H2,1-2H3/b22-18+. The predicted molar refractivity (Wildman–Crippen MR) is 104 cm³/mol. The van der Waals surface area contributed by atoms with Crippen LogP contribution in [0.3, 0.4) is 0 Å². The van der Waals surface area contributed by atoms with Crippen LogP contribution >= 0.6 is 0 Å². The summed E-state index contributed by atoms with van der Waals surface area (Å²) >= 11 is 0. The van der Waals surface area contributed by atoms with Crippen LogP contribution in [-0.4, -0.2) is 59.1 Å². The molecule has 1 aliphatic rings. The lowest BCUT2D eigenvalue weighted by atomic mass is 9.96. The molecule has 0 radical (unpaired) electrons. The van der Waals surface area contributed by atoms with Gasteiger partial charge in [0.15, 0.2) is 0 Å². The number of amides is 1. The molecule has 0 unspecified atom stereocenters. The van der Waals surface area contributed by atoms with Crippen molar-refractivity contribution in [3.05, 3.63) is 59.7 Å². The fourth-order valence-corrected chi connectivity index (χ4v) is 3.54. The topological polar surface area (TPSA) is 82.4 Å². The molecule has 2 aromatic carbocycles. The van der Waals surface area contributed by atoms with Crippen molar-refractivity contribution in [1.82, 2.24) is 4.90 Å². The van der Waals surface area contributed by atoms with E-state index in [4.69, 9.17) is 4.84 Å². The van der Waals surface area contributed by atoms with Crippen LogP contribution in [0.5, 0.6) is 0 Å². The van der Waals surface area contributed by atoms with Crippen molar-refractivity contribution in [3.8, 4) is 11.1 Å². The average molecular weight is 368 g/mol. The molecule has 0 saturated carbocycles. The Labute approximate surface area is 158 Å². The van der Waals surface area contributed by atoms with Gasteiger partial charge in [-0.05, 0) is 35.7 Å². The lowest BCUT2D eigenvalue weighted by Gasteiger charge is -2.34. The third-order valence-corrected chi connectivity index (χ3v) is 5.09. The zero-order chi connectivity index (χ0) is 19.4. The zero-order valence-corrected chi connectivity index (χ0v) is 15.6. The number of rotatable bonds is 5. The third kappa shape index (κ3) is 3.59. The largest absolute Gasteiger partial charge is 0.399 e. The minimum absolute atomic E-state index is 0.216. The molecule has 0 atom stereocenters. The van der Waals surface area contributed by atoms with Crippen molar-refractivity contribution < 1.29 is 19.8 Å². The third-order valence-electron chi connectivity index (χ3n) is 5.09. The smallest absolute Gasteiger partial charge is 0.254 e. The number of nitrogens with zero attached hydrogens (tertiary/aromatic N) is 2. The summed E-state index contributed by atoms with van der Waals surface area (Å²) in [6.07, 6.45) is 0.279. The van der Waals surface area contributed by atoms with Crippen LogP contribution in [0.15, 0.2) is 53.7 Å². The molecule has 0 bridgehead atoms. The van der Waals surface area contributed by atoms with Crippen molar-refractivity contribution in [2.24, 2.45) is 5.16 Å². The van der Waals surface area contributed by atoms with E-state index in [1.54, 1.807) is 12.1 Å². The second kappa shape index (κ2) is 7.90. The van der Waals surface area contributed by atoms with Crippen molar-refractivity contribution in [1.29, 1.82) is 0 Å². The summed E-state index contributed by atoms with van der Waals surface area (Å²) < 4.78 is 0. The fourth-order valence-electron chi connectivity index (χ4n) is 3.54. The van der Waals surface area contributed by atoms with E-state index in [1.807, 2.05) is 43.3 Å². The van der Waals surface area contributed by atoms with Crippen LogP contribution < -0.4 is 0 Å². The van der Waals surface area contributed by atoms with E-state index in [0.29, 0.717) is 11.3 Å². The molecule has 2 N–H and O–H groups in total. The number of carbonyl (C=O) groups is 1. The number of aliphatic hydroxyl groups excluding tert-OH is 2. The fraction of sp³-hybridized carbons (Fsp3) is 0.333. The van der Waals surface area contributed by atoms with Crippen molar-refractivity contribution >= 4 is 11.6 Å². The molecular weight excluding hydrogens is 344 g/mol. The van der Waals surface area contributed by atoms with E-state index in [1.165, 1.54) is 12.0 Å². The maximum absolute atomic E-state index is 13.1. The van der Waals surface area contributed by atoms with E-state index >= 15 is 0 Å². The van der Waals surface area contributed by atoms with Gasteiger partial charge in [0.2, 0.25) is 0 Å². The molecule has 1 fully saturated rings. The van der Waals surface area contributed by atoms with Crippen LogP contribution in [0.25, 0.3) is 11.1 Å². The van der Waals surface area contributed by atoms with Gasteiger partial charge in [-0.3, -0.25) is 4.79 Å². The highest BCUT2D eigenvalue weighted by Crippen LogP contribution is 2.30. The second-order valence-corrected chi connectivity index (χ2v) is 6.84. The summed E-state index contributed by atoms with van der Waals surface area (Å²) in [6, 6.07) is 15.4. The predicted octanol–water partition coefficient (Wildman–Crippen LogP) is 2.23. The highest BCUT2D eigenvalue weighted by atomic mass is 16.6. The molecule has 142 valence electrons. The molecule has 1 aliphatic heterocycles. The van der Waals surface area contributed by atoms with Gasteiger partial charge in [0.1, 0.15) is 7.11 Å². The van der Waals surface area contributed by atoms with E-state index in [0.717, 1.165) is 16.7 Å². The van der Waals surface area contributed by atoms with E-state index in [-0.39, 0.29) is 32.1 Å². The van der Waals surface area contributed by atoms with Crippen LogP contribution in [0.2, 0.25) is 0 Å². The number of carbonyl (C=O) groups excluding carboxylic acids is 1. The van der Waals surface area contributed by atoms with Gasteiger partial charge in [-0.2, -0.15) is 0 Å². The first-order valence-corrected chi connectivity index (χ1v) is 8.83. The molecule has 1 heterocycles. The summed E-state index contributed by atoms with van der Waals surface area (Å²) in [7, 11) is 1.43. The van der Waals surface area contributed by atoms with Crippen LogP contribution in [0.1, 0.15) is 22.3 Å². The van der Waals surface area contributed by atoms with Crippen molar-refractivity contribution in [2.45, 2.75) is 18.9 Å². The minimum atomic E-state index is -1.07. The Morgan fingerprint density at radius 2 is 1.81 bits per heavy atom. The number of oxime groups is 1. The molecule has 2 aromatic rings. The van der Waals surface area contributed by atoms with Crippen LogP contribution in [-0.2, 0) is 4.84 Å². The second-order valence-electron chi connectivity index (χ2n) is 6.84. The summed E-state index contributed by atoms with van der Waals surface area (Å²) in [4.78, 5) is 19.3. The van der Waals surface area contributed by atoms with E-state index in [9.17, 15) is 15.0 Å². The minimum Gasteiger partial charge on any atom is -0.399 e. The van der Waals surface area contributed by atoms with Gasteiger partial charge in [0, 0.05) is 12.0 Å².